The van der Waals surface area contributed by atoms with Crippen LogP contribution in [0.1, 0.15) is 52.4 Å². The molecule has 0 bridgehead atoms. The summed E-state index contributed by atoms with van der Waals surface area (Å²) in [5.74, 6) is 0.972. The Hall–Kier alpha value is -0.570. The second-order valence-corrected chi connectivity index (χ2v) is 4.93. The van der Waals surface area contributed by atoms with Crippen molar-refractivity contribution in [3.05, 3.63) is 0 Å². The van der Waals surface area contributed by atoms with Crippen molar-refractivity contribution >= 4 is 5.91 Å². The lowest BCUT2D eigenvalue weighted by molar-refractivity contribution is -0.132. The van der Waals surface area contributed by atoms with E-state index in [-0.39, 0.29) is 11.9 Å². The van der Waals surface area contributed by atoms with E-state index in [0.717, 1.165) is 38.3 Å². The molecule has 16 heavy (non-hydrogen) atoms. The molecule has 1 amide bonds. The zero-order valence-corrected chi connectivity index (χ0v) is 10.7. The van der Waals surface area contributed by atoms with Gasteiger partial charge in [0.15, 0.2) is 0 Å². The van der Waals surface area contributed by atoms with E-state index in [2.05, 4.69) is 6.92 Å². The maximum atomic E-state index is 11.9. The van der Waals surface area contributed by atoms with Crippen molar-refractivity contribution in [2.75, 3.05) is 13.1 Å². The number of rotatable bonds is 4. The molecule has 1 heterocycles. The van der Waals surface area contributed by atoms with Crippen LogP contribution in [0, 0.1) is 5.92 Å². The summed E-state index contributed by atoms with van der Waals surface area (Å²) in [6.45, 7) is 6.03. The van der Waals surface area contributed by atoms with Gasteiger partial charge in [-0.25, -0.2) is 0 Å². The number of nitrogens with two attached hydrogens (primary N) is 1. The maximum absolute atomic E-state index is 11.9. The highest BCUT2D eigenvalue weighted by atomic mass is 16.2. The third-order valence-corrected chi connectivity index (χ3v) is 3.61. The molecule has 1 rings (SSSR count). The highest BCUT2D eigenvalue weighted by Gasteiger charge is 2.23. The van der Waals surface area contributed by atoms with Crippen LogP contribution in [0.15, 0.2) is 0 Å². The molecule has 1 saturated heterocycles. The van der Waals surface area contributed by atoms with Crippen LogP contribution >= 0.6 is 0 Å². The minimum Gasteiger partial charge on any atom is -0.341 e. The van der Waals surface area contributed by atoms with Gasteiger partial charge < -0.3 is 10.6 Å². The summed E-state index contributed by atoms with van der Waals surface area (Å²) < 4.78 is 0. The van der Waals surface area contributed by atoms with Gasteiger partial charge in [-0.15, -0.1) is 0 Å². The number of hydrogen-bond acceptors (Lipinski definition) is 2. The largest absolute Gasteiger partial charge is 0.341 e. The summed E-state index contributed by atoms with van der Waals surface area (Å²) in [7, 11) is 0. The lowest BCUT2D eigenvalue weighted by Gasteiger charge is -2.23. The Morgan fingerprint density at radius 2 is 2.12 bits per heavy atom. The molecule has 0 saturated carbocycles. The van der Waals surface area contributed by atoms with Gasteiger partial charge in [-0.2, -0.15) is 0 Å². The second kappa shape index (κ2) is 6.89. The van der Waals surface area contributed by atoms with Crippen LogP contribution in [-0.4, -0.2) is 29.9 Å². The summed E-state index contributed by atoms with van der Waals surface area (Å²) >= 11 is 0. The first kappa shape index (κ1) is 13.5. The van der Waals surface area contributed by atoms with E-state index in [1.165, 1.54) is 19.3 Å². The summed E-state index contributed by atoms with van der Waals surface area (Å²) in [4.78, 5) is 13.9. The molecular weight excluding hydrogens is 200 g/mol. The van der Waals surface area contributed by atoms with E-state index in [0.29, 0.717) is 0 Å². The molecule has 0 radical (unpaired) electrons. The van der Waals surface area contributed by atoms with Crippen molar-refractivity contribution < 1.29 is 4.79 Å². The molecule has 1 aliphatic heterocycles. The Kier molecular flexibility index (Phi) is 5.81. The minimum atomic E-state index is -0.289. The number of amides is 1. The number of nitrogens with zero attached hydrogens (tertiary/aromatic N) is 1. The molecule has 3 nitrogen and oxygen atoms in total. The maximum Gasteiger partial charge on any atom is 0.239 e. The molecule has 0 spiro atoms. The smallest absolute Gasteiger partial charge is 0.239 e. The van der Waals surface area contributed by atoms with Gasteiger partial charge >= 0.3 is 0 Å². The molecule has 2 N–H and O–H groups in total. The minimum absolute atomic E-state index is 0.152. The molecule has 0 aliphatic carbocycles. The third-order valence-electron chi connectivity index (χ3n) is 3.61. The highest BCUT2D eigenvalue weighted by molar-refractivity contribution is 5.81. The van der Waals surface area contributed by atoms with Crippen molar-refractivity contribution in [1.82, 2.24) is 4.90 Å². The average molecular weight is 226 g/mol. The fraction of sp³-hybridized carbons (Fsp3) is 0.923. The van der Waals surface area contributed by atoms with Crippen LogP contribution in [0.4, 0.5) is 0 Å². The first-order valence-corrected chi connectivity index (χ1v) is 6.73. The Morgan fingerprint density at radius 3 is 2.75 bits per heavy atom. The molecule has 2 atom stereocenters. The van der Waals surface area contributed by atoms with Crippen LogP contribution in [0.3, 0.4) is 0 Å². The first-order chi connectivity index (χ1) is 7.69. The second-order valence-electron chi connectivity index (χ2n) is 4.93. The SMILES string of the molecule is CCCC1CCCN(C(=O)[C@H](N)CC)CC1. The summed E-state index contributed by atoms with van der Waals surface area (Å²) in [5.41, 5.74) is 5.80. The molecule has 0 aromatic rings. The Balaban J connectivity index is 2.43. The van der Waals surface area contributed by atoms with E-state index in [1.54, 1.807) is 0 Å². The van der Waals surface area contributed by atoms with Crippen LogP contribution in [0.25, 0.3) is 0 Å². The van der Waals surface area contributed by atoms with Gasteiger partial charge in [-0.3, -0.25) is 4.79 Å². The molecule has 94 valence electrons. The van der Waals surface area contributed by atoms with Crippen LogP contribution < -0.4 is 5.73 Å². The molecule has 1 unspecified atom stereocenters. The van der Waals surface area contributed by atoms with Crippen molar-refractivity contribution in [3.8, 4) is 0 Å². The van der Waals surface area contributed by atoms with E-state index in [9.17, 15) is 4.79 Å². The zero-order valence-electron chi connectivity index (χ0n) is 10.7. The Labute approximate surface area is 99.4 Å². The summed E-state index contributed by atoms with van der Waals surface area (Å²) in [5, 5.41) is 0. The normalized spacial score (nSPS) is 23.9. The number of hydrogen-bond donors (Lipinski definition) is 1. The quantitative estimate of drug-likeness (QED) is 0.798. The van der Waals surface area contributed by atoms with Gasteiger partial charge in [-0.1, -0.05) is 26.7 Å². The van der Waals surface area contributed by atoms with Crippen LogP contribution in [0.5, 0.6) is 0 Å². The van der Waals surface area contributed by atoms with E-state index in [1.807, 2.05) is 11.8 Å². The van der Waals surface area contributed by atoms with Gasteiger partial charge in [0.25, 0.3) is 0 Å². The van der Waals surface area contributed by atoms with Crippen molar-refractivity contribution in [2.45, 2.75) is 58.4 Å². The van der Waals surface area contributed by atoms with Gasteiger partial charge in [0.05, 0.1) is 6.04 Å². The number of likely N-dealkylation sites (tertiary alicyclic amines) is 1. The van der Waals surface area contributed by atoms with Crippen molar-refractivity contribution in [3.63, 3.8) is 0 Å². The predicted molar refractivity (Wildman–Crippen MR) is 67.1 cm³/mol. The third kappa shape index (κ3) is 3.78. The standard InChI is InChI=1S/C13H26N2O/c1-3-6-11-7-5-9-15(10-8-11)13(16)12(14)4-2/h11-12H,3-10,14H2,1-2H3/t11?,12-/m1/s1. The molecule has 0 aromatic carbocycles. The van der Waals surface area contributed by atoms with Gasteiger partial charge in [0, 0.05) is 13.1 Å². The molecule has 1 fully saturated rings. The molecule has 0 aromatic heterocycles. The van der Waals surface area contributed by atoms with E-state index >= 15 is 0 Å². The van der Waals surface area contributed by atoms with Crippen LogP contribution in [0.2, 0.25) is 0 Å². The fourth-order valence-electron chi connectivity index (χ4n) is 2.49. The predicted octanol–water partition coefficient (Wildman–Crippen LogP) is 2.15. The number of carbonyl (C=O) groups is 1. The van der Waals surface area contributed by atoms with Crippen molar-refractivity contribution in [2.24, 2.45) is 11.7 Å². The Morgan fingerprint density at radius 1 is 1.38 bits per heavy atom. The summed E-state index contributed by atoms with van der Waals surface area (Å²) in [6.07, 6.45) is 6.89. The topological polar surface area (TPSA) is 46.3 Å². The van der Waals surface area contributed by atoms with Gasteiger partial charge in [0.2, 0.25) is 5.91 Å². The van der Waals surface area contributed by atoms with E-state index < -0.39 is 0 Å². The highest BCUT2D eigenvalue weighted by Crippen LogP contribution is 2.22. The van der Waals surface area contributed by atoms with Gasteiger partial charge in [0.1, 0.15) is 0 Å². The van der Waals surface area contributed by atoms with E-state index in [4.69, 9.17) is 5.73 Å². The van der Waals surface area contributed by atoms with Crippen LogP contribution in [-0.2, 0) is 4.79 Å². The zero-order chi connectivity index (χ0) is 12.0. The lowest BCUT2D eigenvalue weighted by atomic mass is 9.96. The Bertz CT molecular complexity index is 218. The fourth-order valence-corrected chi connectivity index (χ4v) is 2.49. The first-order valence-electron chi connectivity index (χ1n) is 6.73. The lowest BCUT2D eigenvalue weighted by Crippen LogP contribution is -2.43. The molecular formula is C13H26N2O. The van der Waals surface area contributed by atoms with Crippen molar-refractivity contribution in [1.29, 1.82) is 0 Å². The average Bonchev–Trinajstić information content (AvgIpc) is 2.53. The summed E-state index contributed by atoms with van der Waals surface area (Å²) in [6, 6.07) is -0.289. The monoisotopic (exact) mass is 226 g/mol. The molecule has 1 aliphatic rings. The molecule has 3 heteroatoms. The van der Waals surface area contributed by atoms with Gasteiger partial charge in [-0.05, 0) is 31.6 Å². The number of carbonyl (C=O) groups excluding carboxylic acids is 1.